The summed E-state index contributed by atoms with van der Waals surface area (Å²) in [6.45, 7) is 4.57. The Labute approximate surface area is 201 Å². The molecule has 1 aliphatic rings. The van der Waals surface area contributed by atoms with E-state index in [0.717, 1.165) is 32.8 Å². The summed E-state index contributed by atoms with van der Waals surface area (Å²) >= 11 is 6.14. The van der Waals surface area contributed by atoms with Crippen LogP contribution in [0, 0.1) is 0 Å². The second-order valence-electron chi connectivity index (χ2n) is 9.28. The van der Waals surface area contributed by atoms with Gasteiger partial charge in [-0.15, -0.1) is 0 Å². The minimum atomic E-state index is -0.479. The molecule has 2 aromatic carbocycles. The minimum absolute atomic E-state index is 0.337. The number of ether oxygens (including phenoxy) is 2. The monoisotopic (exact) mass is 479 g/mol. The Morgan fingerprint density at radius 1 is 1.00 bits per heavy atom. The van der Waals surface area contributed by atoms with Crippen molar-refractivity contribution in [1.29, 1.82) is 0 Å². The number of nitrogens with zero attached hydrogens (tertiary/aromatic N) is 3. The summed E-state index contributed by atoms with van der Waals surface area (Å²) in [7, 11) is 4.83. The molecule has 2 aromatic heterocycles. The molecule has 1 aliphatic heterocycles. The zero-order valence-electron chi connectivity index (χ0n) is 19.8. The Balaban J connectivity index is 1.97. The molecule has 0 N–H and O–H groups in total. The van der Waals surface area contributed by atoms with E-state index in [2.05, 4.69) is 18.4 Å². The Morgan fingerprint density at radius 2 is 1.65 bits per heavy atom. The lowest BCUT2D eigenvalue weighted by Gasteiger charge is -2.39. The number of methoxy groups -OCH3 is 1. The molecule has 0 amide bonds. The Kier molecular flexibility index (Phi) is 5.22. The smallest absolute Gasteiger partial charge is 0.331 e. The number of aromatic nitrogens is 3. The average molecular weight is 480 g/mol. The second kappa shape index (κ2) is 7.89. The first-order chi connectivity index (χ1) is 16.2. The fourth-order valence-corrected chi connectivity index (χ4v) is 5.04. The molecule has 1 unspecified atom stereocenters. The van der Waals surface area contributed by atoms with Crippen LogP contribution in [-0.2, 0) is 24.4 Å². The maximum absolute atomic E-state index is 13.6. The molecule has 34 heavy (non-hydrogen) atoms. The highest BCUT2D eigenvalue weighted by Crippen LogP contribution is 2.45. The number of hydrogen-bond donors (Lipinski definition) is 0. The van der Waals surface area contributed by atoms with E-state index in [1.165, 1.54) is 7.05 Å². The molecule has 0 aliphatic carbocycles. The first-order valence-electron chi connectivity index (χ1n) is 11.0. The number of aryl methyl sites for hydroxylation is 1. The van der Waals surface area contributed by atoms with Crippen molar-refractivity contribution in [3.8, 4) is 17.0 Å². The van der Waals surface area contributed by atoms with Crippen LogP contribution in [0.25, 0.3) is 22.2 Å². The van der Waals surface area contributed by atoms with E-state index in [1.54, 1.807) is 18.7 Å². The van der Waals surface area contributed by atoms with Gasteiger partial charge in [0.15, 0.2) is 0 Å². The summed E-state index contributed by atoms with van der Waals surface area (Å²) in [4.78, 5) is 26.6. The van der Waals surface area contributed by atoms with Crippen molar-refractivity contribution in [2.24, 2.45) is 14.1 Å². The third-order valence-electron chi connectivity index (χ3n) is 6.60. The van der Waals surface area contributed by atoms with Crippen LogP contribution in [0.1, 0.15) is 31.2 Å². The van der Waals surface area contributed by atoms with Gasteiger partial charge >= 0.3 is 5.69 Å². The molecule has 8 heteroatoms. The third kappa shape index (κ3) is 3.22. The predicted octanol–water partition coefficient (Wildman–Crippen LogP) is 4.22. The fraction of sp³-hybridized carbons (Fsp3) is 0.308. The van der Waals surface area contributed by atoms with E-state index in [-0.39, 0.29) is 11.2 Å². The lowest BCUT2D eigenvalue weighted by molar-refractivity contribution is -0.00707. The summed E-state index contributed by atoms with van der Waals surface area (Å²) in [6.07, 6.45) is -0.475. The van der Waals surface area contributed by atoms with Gasteiger partial charge in [-0.3, -0.25) is 13.9 Å². The quantitative estimate of drug-likeness (QED) is 0.441. The van der Waals surface area contributed by atoms with Gasteiger partial charge in [-0.25, -0.2) is 4.79 Å². The van der Waals surface area contributed by atoms with E-state index in [9.17, 15) is 9.59 Å². The number of rotatable bonds is 3. The molecule has 7 nitrogen and oxygen atoms in total. The molecule has 0 saturated heterocycles. The minimum Gasteiger partial charge on any atom is -0.497 e. The molecular formula is C26H26ClN3O4. The Bertz CT molecular complexity index is 1530. The zero-order chi connectivity index (χ0) is 24.4. The normalized spacial score (nSPS) is 17.1. The van der Waals surface area contributed by atoms with E-state index < -0.39 is 11.6 Å². The van der Waals surface area contributed by atoms with Gasteiger partial charge < -0.3 is 14.0 Å². The van der Waals surface area contributed by atoms with Crippen molar-refractivity contribution in [2.45, 2.75) is 25.5 Å². The molecule has 5 rings (SSSR count). The van der Waals surface area contributed by atoms with E-state index in [1.807, 2.05) is 48.5 Å². The molecule has 0 bridgehead atoms. The number of hydrogen-bond acceptors (Lipinski definition) is 4. The van der Waals surface area contributed by atoms with Crippen molar-refractivity contribution in [2.75, 3.05) is 13.7 Å². The SMILES string of the molecule is COc1ccc(-c2c3c(=O)n(C)c(=O)n(C)c3c3n2C(C)(C)COC3c2ccc(Cl)cc2)cc1. The third-order valence-corrected chi connectivity index (χ3v) is 6.85. The van der Waals surface area contributed by atoms with Crippen molar-refractivity contribution in [3.05, 3.63) is 85.6 Å². The lowest BCUT2D eigenvalue weighted by atomic mass is 9.98. The molecule has 4 aromatic rings. The Hall–Kier alpha value is -3.29. The summed E-state index contributed by atoms with van der Waals surface area (Å²) in [5.74, 6) is 0.723. The molecule has 0 saturated carbocycles. The molecule has 3 heterocycles. The van der Waals surface area contributed by atoms with Crippen LogP contribution in [0.5, 0.6) is 5.75 Å². The van der Waals surface area contributed by atoms with Crippen molar-refractivity contribution < 1.29 is 9.47 Å². The summed E-state index contributed by atoms with van der Waals surface area (Å²) in [6, 6.07) is 15.1. The number of benzene rings is 2. The van der Waals surface area contributed by atoms with Crippen LogP contribution >= 0.6 is 11.6 Å². The lowest BCUT2D eigenvalue weighted by Crippen LogP contribution is -2.40. The number of fused-ring (bicyclic) bond motifs is 3. The van der Waals surface area contributed by atoms with Crippen LogP contribution in [0.3, 0.4) is 0 Å². The topological polar surface area (TPSA) is 67.4 Å². The van der Waals surface area contributed by atoms with Gasteiger partial charge in [-0.05, 0) is 61.4 Å². The van der Waals surface area contributed by atoms with Gasteiger partial charge in [0.25, 0.3) is 5.56 Å². The first kappa shape index (κ1) is 22.5. The Morgan fingerprint density at radius 3 is 2.26 bits per heavy atom. The molecule has 0 radical (unpaired) electrons. The molecule has 1 atom stereocenters. The fourth-order valence-electron chi connectivity index (χ4n) is 4.91. The maximum Gasteiger partial charge on any atom is 0.331 e. The van der Waals surface area contributed by atoms with Crippen LogP contribution in [0.15, 0.2) is 58.1 Å². The van der Waals surface area contributed by atoms with Gasteiger partial charge in [0.2, 0.25) is 0 Å². The molecule has 0 spiro atoms. The van der Waals surface area contributed by atoms with E-state index in [4.69, 9.17) is 21.1 Å². The van der Waals surface area contributed by atoms with E-state index in [0.29, 0.717) is 22.5 Å². The van der Waals surface area contributed by atoms with Crippen LogP contribution in [0.2, 0.25) is 5.02 Å². The van der Waals surface area contributed by atoms with Gasteiger partial charge in [0.05, 0.1) is 41.5 Å². The van der Waals surface area contributed by atoms with Crippen LogP contribution in [-0.4, -0.2) is 27.4 Å². The molecule has 176 valence electrons. The summed E-state index contributed by atoms with van der Waals surface area (Å²) in [5.41, 5.74) is 2.67. The van der Waals surface area contributed by atoms with Gasteiger partial charge in [-0.2, -0.15) is 0 Å². The van der Waals surface area contributed by atoms with Gasteiger partial charge in [0, 0.05) is 19.1 Å². The van der Waals surface area contributed by atoms with Crippen molar-refractivity contribution >= 4 is 22.5 Å². The molecular weight excluding hydrogens is 454 g/mol. The van der Waals surface area contributed by atoms with Gasteiger partial charge in [-0.1, -0.05) is 23.7 Å². The number of halogens is 1. The predicted molar refractivity (Wildman–Crippen MR) is 133 cm³/mol. The highest BCUT2D eigenvalue weighted by molar-refractivity contribution is 6.30. The average Bonchev–Trinajstić information content (AvgIpc) is 3.20. The largest absolute Gasteiger partial charge is 0.497 e. The molecule has 0 fully saturated rings. The highest BCUT2D eigenvalue weighted by atomic mass is 35.5. The van der Waals surface area contributed by atoms with Crippen LogP contribution < -0.4 is 16.0 Å². The second-order valence-corrected chi connectivity index (χ2v) is 9.72. The summed E-state index contributed by atoms with van der Waals surface area (Å²) < 4.78 is 16.6. The van der Waals surface area contributed by atoms with Crippen molar-refractivity contribution in [1.82, 2.24) is 13.7 Å². The van der Waals surface area contributed by atoms with Crippen molar-refractivity contribution in [3.63, 3.8) is 0 Å². The zero-order valence-corrected chi connectivity index (χ0v) is 20.5. The van der Waals surface area contributed by atoms with Crippen LogP contribution in [0.4, 0.5) is 0 Å². The van der Waals surface area contributed by atoms with E-state index >= 15 is 0 Å². The summed E-state index contributed by atoms with van der Waals surface area (Å²) in [5, 5.41) is 1.11. The standard InChI is InChI=1S/C26H26ClN3O4/c1-26(2)14-34-23(16-6-10-17(27)11-7-16)22-21-19(24(31)29(4)25(32)28(21)3)20(30(22)26)15-8-12-18(33-5)13-9-15/h6-13,23H,14H2,1-5H3. The maximum atomic E-state index is 13.6. The van der Waals surface area contributed by atoms with Gasteiger partial charge in [0.1, 0.15) is 11.9 Å². The first-order valence-corrected chi connectivity index (χ1v) is 11.4. The highest BCUT2D eigenvalue weighted by Gasteiger charge is 2.40.